The Morgan fingerprint density at radius 1 is 0.973 bits per heavy atom. The summed E-state index contributed by atoms with van der Waals surface area (Å²) in [4.78, 5) is 36.9. The lowest BCUT2D eigenvalue weighted by atomic mass is 10.1. The normalized spacial score (nSPS) is 11.4. The van der Waals surface area contributed by atoms with Gasteiger partial charge in [-0.1, -0.05) is 18.2 Å². The van der Waals surface area contributed by atoms with Gasteiger partial charge in [0, 0.05) is 11.3 Å². The third-order valence-corrected chi connectivity index (χ3v) is 5.93. The Bertz CT molecular complexity index is 1470. The number of amides is 2. The Labute approximate surface area is 211 Å². The summed E-state index contributed by atoms with van der Waals surface area (Å²) in [5.74, 6) is -1.22. The predicted octanol–water partition coefficient (Wildman–Crippen LogP) is 2.67. The average molecular weight is 527 g/mol. The largest absolute Gasteiger partial charge is 0.493 e. The highest BCUT2D eigenvalue weighted by atomic mass is 32.2. The number of rotatable bonds is 9. The van der Waals surface area contributed by atoms with Gasteiger partial charge in [-0.3, -0.25) is 19.7 Å². The molecule has 3 aromatic rings. The maximum absolute atomic E-state index is 13.2. The minimum Gasteiger partial charge on any atom is -0.493 e. The van der Waals surface area contributed by atoms with E-state index in [1.807, 2.05) is 0 Å². The zero-order chi connectivity index (χ0) is 27.2. The third-order valence-electron chi connectivity index (χ3n) is 5.00. The van der Waals surface area contributed by atoms with Gasteiger partial charge in [-0.05, 0) is 48.5 Å². The lowest BCUT2D eigenvalue weighted by Crippen LogP contribution is -2.30. The number of hydrogen-bond donors (Lipinski definition) is 3. The topological polar surface area (TPSA) is 180 Å². The second kappa shape index (κ2) is 11.3. The number of nitro groups is 1. The molecule has 0 aliphatic carbocycles. The summed E-state index contributed by atoms with van der Waals surface area (Å²) >= 11 is 0. The van der Waals surface area contributed by atoms with E-state index in [2.05, 4.69) is 10.6 Å². The summed E-state index contributed by atoms with van der Waals surface area (Å²) in [5, 5.41) is 21.8. The van der Waals surface area contributed by atoms with Gasteiger partial charge in [0.1, 0.15) is 5.70 Å². The molecule has 12 nitrogen and oxygen atoms in total. The number of anilines is 1. The molecule has 192 valence electrons. The summed E-state index contributed by atoms with van der Waals surface area (Å²) in [7, 11) is -1.29. The lowest BCUT2D eigenvalue weighted by Gasteiger charge is -2.13. The van der Waals surface area contributed by atoms with Crippen molar-refractivity contribution in [3.63, 3.8) is 0 Å². The van der Waals surface area contributed by atoms with Crippen LogP contribution in [0.1, 0.15) is 15.9 Å². The van der Waals surface area contributed by atoms with Gasteiger partial charge in [-0.15, -0.1) is 0 Å². The molecule has 0 saturated carbocycles. The summed E-state index contributed by atoms with van der Waals surface area (Å²) in [6.45, 7) is 0. The number of sulfonamides is 1. The Balaban J connectivity index is 2.05. The van der Waals surface area contributed by atoms with Crippen LogP contribution < -0.4 is 25.2 Å². The SMILES string of the molecule is COc1cc(C=C(NC(=O)c2ccccc2)C(=O)Nc2ccc(S(N)(=O)=O)cc2)c([N+](=O)[O-])cc1OC. The number of hydrogen-bond acceptors (Lipinski definition) is 8. The Hall–Kier alpha value is -4.75. The van der Waals surface area contributed by atoms with Crippen LogP contribution in [-0.4, -0.2) is 39.4 Å². The molecule has 0 radical (unpaired) electrons. The smallest absolute Gasteiger partial charge is 0.280 e. The van der Waals surface area contributed by atoms with Crippen molar-refractivity contribution >= 4 is 39.3 Å². The van der Waals surface area contributed by atoms with E-state index in [-0.39, 0.29) is 38.9 Å². The van der Waals surface area contributed by atoms with E-state index in [0.29, 0.717) is 0 Å². The summed E-state index contributed by atoms with van der Waals surface area (Å²) in [6, 6.07) is 15.4. The van der Waals surface area contributed by atoms with E-state index in [1.165, 1.54) is 56.7 Å². The first-order valence-corrected chi connectivity index (χ1v) is 12.0. The number of ether oxygens (including phenoxy) is 2. The number of primary sulfonamides is 1. The first kappa shape index (κ1) is 26.8. The van der Waals surface area contributed by atoms with E-state index < -0.39 is 32.4 Å². The van der Waals surface area contributed by atoms with Crippen LogP contribution in [0.4, 0.5) is 11.4 Å². The van der Waals surface area contributed by atoms with Crippen LogP contribution >= 0.6 is 0 Å². The second-order valence-corrected chi connectivity index (χ2v) is 8.99. The van der Waals surface area contributed by atoms with E-state index in [9.17, 15) is 28.1 Å². The molecule has 0 saturated heterocycles. The van der Waals surface area contributed by atoms with Crippen LogP contribution in [0.5, 0.6) is 11.5 Å². The zero-order valence-electron chi connectivity index (χ0n) is 19.6. The third kappa shape index (κ3) is 6.68. The predicted molar refractivity (Wildman–Crippen MR) is 135 cm³/mol. The van der Waals surface area contributed by atoms with Crippen molar-refractivity contribution in [3.05, 3.63) is 93.7 Å². The van der Waals surface area contributed by atoms with Gasteiger partial charge in [0.25, 0.3) is 17.5 Å². The molecule has 0 atom stereocenters. The van der Waals surface area contributed by atoms with Crippen LogP contribution in [0.2, 0.25) is 0 Å². The molecular weight excluding hydrogens is 504 g/mol. The molecule has 0 fully saturated rings. The lowest BCUT2D eigenvalue weighted by molar-refractivity contribution is -0.385. The molecule has 0 unspecified atom stereocenters. The van der Waals surface area contributed by atoms with Crippen LogP contribution in [0.15, 0.2) is 77.3 Å². The molecular formula is C24H22N4O8S. The first-order valence-electron chi connectivity index (χ1n) is 10.5. The Kier molecular flexibility index (Phi) is 8.22. The van der Waals surface area contributed by atoms with E-state index >= 15 is 0 Å². The summed E-state index contributed by atoms with van der Waals surface area (Å²) in [6.07, 6.45) is 1.12. The van der Waals surface area contributed by atoms with Crippen LogP contribution in [0.3, 0.4) is 0 Å². The van der Waals surface area contributed by atoms with E-state index in [0.717, 1.165) is 12.1 Å². The Morgan fingerprint density at radius 3 is 2.11 bits per heavy atom. The molecule has 0 heterocycles. The molecule has 2 amide bonds. The average Bonchev–Trinajstić information content (AvgIpc) is 2.88. The van der Waals surface area contributed by atoms with Crippen LogP contribution in [-0.2, 0) is 14.8 Å². The molecule has 3 aromatic carbocycles. The van der Waals surface area contributed by atoms with Gasteiger partial charge < -0.3 is 20.1 Å². The quantitative estimate of drug-likeness (QED) is 0.216. The second-order valence-electron chi connectivity index (χ2n) is 7.42. The maximum Gasteiger partial charge on any atom is 0.280 e. The van der Waals surface area contributed by atoms with Crippen molar-refractivity contribution in [1.82, 2.24) is 5.32 Å². The van der Waals surface area contributed by atoms with Crippen LogP contribution in [0.25, 0.3) is 6.08 Å². The first-order chi connectivity index (χ1) is 17.5. The highest BCUT2D eigenvalue weighted by molar-refractivity contribution is 7.89. The molecule has 0 aliphatic heterocycles. The monoisotopic (exact) mass is 526 g/mol. The highest BCUT2D eigenvalue weighted by Crippen LogP contribution is 2.35. The standard InChI is InChI=1S/C24H22N4O8S/c1-35-21-13-16(20(28(31)32)14-22(21)36-2)12-19(27-23(29)15-6-4-3-5-7-15)24(30)26-17-8-10-18(11-9-17)37(25,33)34/h3-14H,1-2H3,(H,26,30)(H,27,29)(H2,25,33,34). The van der Waals surface area contributed by atoms with Crippen molar-refractivity contribution in [1.29, 1.82) is 0 Å². The number of nitrogens with two attached hydrogens (primary N) is 1. The highest BCUT2D eigenvalue weighted by Gasteiger charge is 2.22. The van der Waals surface area contributed by atoms with Gasteiger partial charge in [0.2, 0.25) is 10.0 Å². The van der Waals surface area contributed by atoms with Crippen molar-refractivity contribution < 1.29 is 32.4 Å². The maximum atomic E-state index is 13.2. The molecule has 37 heavy (non-hydrogen) atoms. The van der Waals surface area contributed by atoms with E-state index in [1.54, 1.807) is 18.2 Å². The van der Waals surface area contributed by atoms with Gasteiger partial charge in [-0.25, -0.2) is 13.6 Å². The number of carbonyl (C=O) groups excluding carboxylic acids is 2. The number of carbonyl (C=O) groups is 2. The van der Waals surface area contributed by atoms with Gasteiger partial charge in [-0.2, -0.15) is 0 Å². The molecule has 0 aliphatic rings. The number of nitrogens with one attached hydrogen (secondary N) is 2. The van der Waals surface area contributed by atoms with Crippen molar-refractivity contribution in [2.45, 2.75) is 4.90 Å². The zero-order valence-corrected chi connectivity index (χ0v) is 20.4. The van der Waals surface area contributed by atoms with Gasteiger partial charge >= 0.3 is 0 Å². The molecule has 3 rings (SSSR count). The molecule has 13 heteroatoms. The van der Waals surface area contributed by atoms with Crippen LogP contribution in [0, 0.1) is 10.1 Å². The van der Waals surface area contributed by atoms with E-state index in [4.69, 9.17) is 14.6 Å². The minimum atomic E-state index is -3.94. The van der Waals surface area contributed by atoms with Crippen molar-refractivity contribution in [2.24, 2.45) is 5.14 Å². The fourth-order valence-corrected chi connectivity index (χ4v) is 3.70. The van der Waals surface area contributed by atoms with Crippen molar-refractivity contribution in [3.8, 4) is 11.5 Å². The molecule has 0 spiro atoms. The van der Waals surface area contributed by atoms with Gasteiger partial charge in [0.15, 0.2) is 11.5 Å². The number of benzene rings is 3. The molecule has 0 bridgehead atoms. The minimum absolute atomic E-state index is 0.0502. The number of nitrogens with zero attached hydrogens (tertiary/aromatic N) is 1. The summed E-state index contributed by atoms with van der Waals surface area (Å²) < 4.78 is 33.3. The van der Waals surface area contributed by atoms with Gasteiger partial charge in [0.05, 0.1) is 35.7 Å². The number of methoxy groups -OCH3 is 2. The van der Waals surface area contributed by atoms with Crippen molar-refractivity contribution in [2.75, 3.05) is 19.5 Å². The molecule has 4 N–H and O–H groups in total. The Morgan fingerprint density at radius 2 is 1.57 bits per heavy atom. The molecule has 0 aromatic heterocycles. The number of nitro benzene ring substituents is 1. The summed E-state index contributed by atoms with van der Waals surface area (Å²) in [5.41, 5.74) is -0.376. The fraction of sp³-hybridized carbons (Fsp3) is 0.0833. The fourth-order valence-electron chi connectivity index (χ4n) is 3.18.